The van der Waals surface area contributed by atoms with Gasteiger partial charge in [0.05, 0.1) is 6.54 Å². The van der Waals surface area contributed by atoms with E-state index in [1.807, 2.05) is 0 Å². The molecule has 1 aromatic rings. The molecule has 0 bridgehead atoms. The van der Waals surface area contributed by atoms with Gasteiger partial charge in [-0.3, -0.25) is 4.90 Å². The molecule has 0 radical (unpaired) electrons. The molecule has 1 N–H and O–H groups in total. The van der Waals surface area contributed by atoms with Crippen molar-refractivity contribution in [1.82, 2.24) is 20.4 Å². The summed E-state index contributed by atoms with van der Waals surface area (Å²) in [6, 6.07) is 0. The number of piperazine rings is 1. The normalized spacial score (nSPS) is 20.5. The molecule has 0 aromatic carbocycles. The van der Waals surface area contributed by atoms with Crippen LogP contribution >= 0.6 is 0 Å². The van der Waals surface area contributed by atoms with Crippen LogP contribution in [0.25, 0.3) is 0 Å². The molecular weight excluding hydrogens is 228 g/mol. The summed E-state index contributed by atoms with van der Waals surface area (Å²) in [6.45, 7) is 12.6. The second kappa shape index (κ2) is 5.36. The van der Waals surface area contributed by atoms with Crippen molar-refractivity contribution in [2.75, 3.05) is 19.6 Å². The van der Waals surface area contributed by atoms with Crippen molar-refractivity contribution in [2.24, 2.45) is 5.92 Å². The molecule has 1 aromatic heterocycles. The highest BCUT2D eigenvalue weighted by Crippen LogP contribution is 2.18. The Morgan fingerprint density at radius 2 is 2.22 bits per heavy atom. The summed E-state index contributed by atoms with van der Waals surface area (Å²) in [5, 5.41) is 7.50. The van der Waals surface area contributed by atoms with Crippen LogP contribution in [-0.4, -0.2) is 40.2 Å². The highest BCUT2D eigenvalue weighted by Gasteiger charge is 2.30. The maximum atomic E-state index is 5.28. The van der Waals surface area contributed by atoms with Gasteiger partial charge in [-0.15, -0.1) is 0 Å². The first-order chi connectivity index (χ1) is 8.47. The predicted molar refractivity (Wildman–Crippen MR) is 70.2 cm³/mol. The lowest BCUT2D eigenvalue weighted by Crippen LogP contribution is -2.57. The monoisotopic (exact) mass is 252 g/mol. The first-order valence-corrected chi connectivity index (χ1v) is 6.74. The molecule has 1 aliphatic rings. The molecule has 0 spiro atoms. The Labute approximate surface area is 109 Å². The molecule has 18 heavy (non-hydrogen) atoms. The van der Waals surface area contributed by atoms with Gasteiger partial charge >= 0.3 is 0 Å². The number of hydrogen-bond acceptors (Lipinski definition) is 5. The van der Waals surface area contributed by atoms with Crippen molar-refractivity contribution >= 4 is 0 Å². The third kappa shape index (κ3) is 3.29. The van der Waals surface area contributed by atoms with Gasteiger partial charge in [0.2, 0.25) is 5.89 Å². The van der Waals surface area contributed by atoms with Crippen molar-refractivity contribution in [1.29, 1.82) is 0 Å². The quantitative estimate of drug-likeness (QED) is 0.879. The van der Waals surface area contributed by atoms with Crippen molar-refractivity contribution in [3.05, 3.63) is 11.7 Å². The SMILES string of the molecule is CC(C)Cc1nc(CN2CCNCC2(C)C)no1. The summed E-state index contributed by atoms with van der Waals surface area (Å²) >= 11 is 0. The molecule has 0 amide bonds. The van der Waals surface area contributed by atoms with Crippen LogP contribution in [0.1, 0.15) is 39.4 Å². The molecule has 2 rings (SSSR count). The molecule has 5 heteroatoms. The average molecular weight is 252 g/mol. The zero-order valence-electron chi connectivity index (χ0n) is 11.9. The van der Waals surface area contributed by atoms with Gasteiger partial charge in [-0.25, -0.2) is 0 Å². The van der Waals surface area contributed by atoms with E-state index in [1.165, 1.54) is 0 Å². The lowest BCUT2D eigenvalue weighted by molar-refractivity contribution is 0.0791. The predicted octanol–water partition coefficient (Wildman–Crippen LogP) is 1.45. The van der Waals surface area contributed by atoms with Gasteiger partial charge in [0.25, 0.3) is 0 Å². The van der Waals surface area contributed by atoms with E-state index < -0.39 is 0 Å². The minimum absolute atomic E-state index is 0.150. The Morgan fingerprint density at radius 3 is 2.89 bits per heavy atom. The Kier molecular flexibility index (Phi) is 4.02. The van der Waals surface area contributed by atoms with Gasteiger partial charge < -0.3 is 9.84 Å². The molecule has 5 nitrogen and oxygen atoms in total. The van der Waals surface area contributed by atoms with Crippen LogP contribution in [0.3, 0.4) is 0 Å². The average Bonchev–Trinajstić information content (AvgIpc) is 2.68. The van der Waals surface area contributed by atoms with Gasteiger partial charge in [-0.1, -0.05) is 19.0 Å². The highest BCUT2D eigenvalue weighted by molar-refractivity contribution is 4.93. The molecule has 1 saturated heterocycles. The highest BCUT2D eigenvalue weighted by atomic mass is 16.5. The molecule has 1 aliphatic heterocycles. The second-order valence-corrected chi connectivity index (χ2v) is 6.11. The van der Waals surface area contributed by atoms with E-state index >= 15 is 0 Å². The van der Waals surface area contributed by atoms with E-state index in [0.717, 1.165) is 44.3 Å². The Hall–Kier alpha value is -0.940. The lowest BCUT2D eigenvalue weighted by atomic mass is 10.0. The topological polar surface area (TPSA) is 54.2 Å². The summed E-state index contributed by atoms with van der Waals surface area (Å²) < 4.78 is 5.28. The molecule has 0 unspecified atom stereocenters. The largest absolute Gasteiger partial charge is 0.339 e. The first-order valence-electron chi connectivity index (χ1n) is 6.74. The van der Waals surface area contributed by atoms with Gasteiger partial charge in [-0.05, 0) is 19.8 Å². The molecule has 2 heterocycles. The summed E-state index contributed by atoms with van der Waals surface area (Å²) in [4.78, 5) is 6.88. The smallest absolute Gasteiger partial charge is 0.226 e. The van der Waals surface area contributed by atoms with E-state index in [2.05, 4.69) is 48.1 Å². The Morgan fingerprint density at radius 1 is 1.44 bits per heavy atom. The minimum Gasteiger partial charge on any atom is -0.339 e. The fourth-order valence-electron chi connectivity index (χ4n) is 2.27. The van der Waals surface area contributed by atoms with Crippen LogP contribution in [0.4, 0.5) is 0 Å². The van der Waals surface area contributed by atoms with E-state index in [9.17, 15) is 0 Å². The zero-order valence-corrected chi connectivity index (χ0v) is 11.9. The number of rotatable bonds is 4. The summed E-state index contributed by atoms with van der Waals surface area (Å²) in [5.74, 6) is 2.11. The van der Waals surface area contributed by atoms with Gasteiger partial charge in [0.15, 0.2) is 5.82 Å². The Balaban J connectivity index is 1.98. The Bertz CT molecular complexity index is 386. The van der Waals surface area contributed by atoms with E-state index in [1.54, 1.807) is 0 Å². The molecule has 1 fully saturated rings. The van der Waals surface area contributed by atoms with Crippen LogP contribution in [0.5, 0.6) is 0 Å². The van der Waals surface area contributed by atoms with Crippen molar-refractivity contribution < 1.29 is 4.52 Å². The molecule has 0 atom stereocenters. The van der Waals surface area contributed by atoms with Crippen LogP contribution in [0.15, 0.2) is 4.52 Å². The van der Waals surface area contributed by atoms with Crippen molar-refractivity contribution in [2.45, 2.75) is 46.2 Å². The van der Waals surface area contributed by atoms with Gasteiger partial charge in [0.1, 0.15) is 0 Å². The third-order valence-electron chi connectivity index (χ3n) is 3.40. The maximum Gasteiger partial charge on any atom is 0.226 e. The number of aromatic nitrogens is 2. The maximum absolute atomic E-state index is 5.28. The molecule has 0 aliphatic carbocycles. The van der Waals surface area contributed by atoms with Crippen LogP contribution in [-0.2, 0) is 13.0 Å². The third-order valence-corrected chi connectivity index (χ3v) is 3.40. The summed E-state index contributed by atoms with van der Waals surface area (Å²) in [7, 11) is 0. The second-order valence-electron chi connectivity index (χ2n) is 6.11. The van der Waals surface area contributed by atoms with Crippen molar-refractivity contribution in [3.8, 4) is 0 Å². The van der Waals surface area contributed by atoms with E-state index in [-0.39, 0.29) is 5.54 Å². The van der Waals surface area contributed by atoms with Gasteiger partial charge in [0, 0.05) is 31.6 Å². The number of nitrogens with zero attached hydrogens (tertiary/aromatic N) is 3. The number of hydrogen-bond donors (Lipinski definition) is 1. The summed E-state index contributed by atoms with van der Waals surface area (Å²) in [6.07, 6.45) is 0.859. The standard InChI is InChI=1S/C13H24N4O/c1-10(2)7-12-15-11(16-18-12)8-17-6-5-14-9-13(17,3)4/h10,14H,5-9H2,1-4H3. The fourth-order valence-corrected chi connectivity index (χ4v) is 2.27. The van der Waals surface area contributed by atoms with Crippen LogP contribution in [0, 0.1) is 5.92 Å². The molecule has 102 valence electrons. The van der Waals surface area contributed by atoms with Gasteiger partial charge in [-0.2, -0.15) is 4.98 Å². The lowest BCUT2D eigenvalue weighted by Gasteiger charge is -2.42. The van der Waals surface area contributed by atoms with Crippen LogP contribution < -0.4 is 5.32 Å². The zero-order chi connectivity index (χ0) is 13.2. The van der Waals surface area contributed by atoms with E-state index in [0.29, 0.717) is 5.92 Å². The van der Waals surface area contributed by atoms with E-state index in [4.69, 9.17) is 4.52 Å². The minimum atomic E-state index is 0.150. The van der Waals surface area contributed by atoms with Crippen molar-refractivity contribution in [3.63, 3.8) is 0 Å². The molecular formula is C13H24N4O. The number of nitrogens with one attached hydrogen (secondary N) is 1. The summed E-state index contributed by atoms with van der Waals surface area (Å²) in [5.41, 5.74) is 0.150. The van der Waals surface area contributed by atoms with Crippen LogP contribution in [0.2, 0.25) is 0 Å². The molecule has 0 saturated carbocycles. The first kappa shape index (κ1) is 13.5. The fraction of sp³-hybridized carbons (Fsp3) is 0.846.